The molecule has 1 saturated heterocycles. The van der Waals surface area contributed by atoms with Crippen molar-refractivity contribution < 1.29 is 0 Å². The lowest BCUT2D eigenvalue weighted by Crippen LogP contribution is -2.46. The maximum absolute atomic E-state index is 5.00. The Labute approximate surface area is 160 Å². The zero-order valence-electron chi connectivity index (χ0n) is 16.4. The van der Waals surface area contributed by atoms with E-state index in [2.05, 4.69) is 42.5 Å². The average Bonchev–Trinajstić information content (AvgIpc) is 3.41. The van der Waals surface area contributed by atoms with Crippen LogP contribution in [0.4, 0.5) is 5.82 Å². The summed E-state index contributed by atoms with van der Waals surface area (Å²) in [5, 5.41) is 1.17. The first-order valence-electron chi connectivity index (χ1n) is 9.82. The van der Waals surface area contributed by atoms with Crippen molar-refractivity contribution in [2.45, 2.75) is 59.4 Å². The number of aromatic nitrogens is 3. The van der Waals surface area contributed by atoms with Crippen LogP contribution >= 0.6 is 11.3 Å². The maximum Gasteiger partial charge on any atom is 0.135 e. The van der Waals surface area contributed by atoms with E-state index in [1.54, 1.807) is 0 Å². The highest BCUT2D eigenvalue weighted by Crippen LogP contribution is 2.39. The highest BCUT2D eigenvalue weighted by molar-refractivity contribution is 7.11. The summed E-state index contributed by atoms with van der Waals surface area (Å²) in [6, 6.07) is 0. The molecule has 1 saturated carbocycles. The zero-order valence-corrected chi connectivity index (χ0v) is 17.2. The topological polar surface area (TPSA) is 45.2 Å². The van der Waals surface area contributed by atoms with Crippen LogP contribution in [0, 0.1) is 20.8 Å². The summed E-state index contributed by atoms with van der Waals surface area (Å²) in [7, 11) is 0. The molecular formula is C20H29N5S. The van der Waals surface area contributed by atoms with Crippen molar-refractivity contribution in [3.05, 3.63) is 32.7 Å². The molecule has 2 fully saturated rings. The number of anilines is 1. The van der Waals surface area contributed by atoms with E-state index in [0.717, 1.165) is 45.0 Å². The van der Waals surface area contributed by atoms with Crippen LogP contribution in [-0.4, -0.2) is 46.0 Å². The molecule has 3 heterocycles. The molecule has 0 amide bonds. The van der Waals surface area contributed by atoms with Crippen LogP contribution in [0.5, 0.6) is 0 Å². The molecule has 1 aliphatic carbocycles. The summed E-state index contributed by atoms with van der Waals surface area (Å²) >= 11 is 1.84. The molecule has 2 aromatic rings. The van der Waals surface area contributed by atoms with E-state index in [-0.39, 0.29) is 0 Å². The van der Waals surface area contributed by atoms with Crippen LogP contribution in [0.2, 0.25) is 0 Å². The minimum absolute atomic E-state index is 0.609. The van der Waals surface area contributed by atoms with Crippen LogP contribution in [0.1, 0.15) is 58.3 Å². The van der Waals surface area contributed by atoms with E-state index in [0.29, 0.717) is 5.92 Å². The van der Waals surface area contributed by atoms with Crippen molar-refractivity contribution in [1.82, 2.24) is 19.9 Å². The lowest BCUT2D eigenvalue weighted by atomic mass is 10.1. The van der Waals surface area contributed by atoms with Gasteiger partial charge in [-0.05, 0) is 40.0 Å². The molecule has 0 spiro atoms. The summed E-state index contributed by atoms with van der Waals surface area (Å²) in [6.07, 6.45) is 3.52. The Morgan fingerprint density at radius 3 is 2.27 bits per heavy atom. The molecule has 0 aromatic carbocycles. The summed E-state index contributed by atoms with van der Waals surface area (Å²) in [4.78, 5) is 20.8. The number of hydrogen-bond acceptors (Lipinski definition) is 6. The molecular weight excluding hydrogens is 342 g/mol. The van der Waals surface area contributed by atoms with Gasteiger partial charge in [-0.3, -0.25) is 4.90 Å². The quantitative estimate of drug-likeness (QED) is 0.803. The van der Waals surface area contributed by atoms with Gasteiger partial charge in [-0.25, -0.2) is 15.0 Å². The molecule has 0 bridgehead atoms. The van der Waals surface area contributed by atoms with Crippen molar-refractivity contribution in [1.29, 1.82) is 0 Å². The van der Waals surface area contributed by atoms with Gasteiger partial charge in [-0.1, -0.05) is 6.92 Å². The predicted octanol–water partition coefficient (Wildman–Crippen LogP) is 3.62. The van der Waals surface area contributed by atoms with Gasteiger partial charge in [0.2, 0.25) is 0 Å². The molecule has 140 valence electrons. The molecule has 0 N–H and O–H groups in total. The highest BCUT2D eigenvalue weighted by atomic mass is 32.1. The second-order valence-corrected chi connectivity index (χ2v) is 8.89. The average molecular weight is 372 g/mol. The van der Waals surface area contributed by atoms with Crippen molar-refractivity contribution in [2.24, 2.45) is 0 Å². The first kappa shape index (κ1) is 17.9. The minimum Gasteiger partial charge on any atom is -0.354 e. The second-order valence-electron chi connectivity index (χ2n) is 7.60. The van der Waals surface area contributed by atoms with Crippen LogP contribution in [0.15, 0.2) is 0 Å². The van der Waals surface area contributed by atoms with Gasteiger partial charge in [0, 0.05) is 54.8 Å². The van der Waals surface area contributed by atoms with Gasteiger partial charge >= 0.3 is 0 Å². The van der Waals surface area contributed by atoms with E-state index < -0.39 is 0 Å². The van der Waals surface area contributed by atoms with E-state index in [4.69, 9.17) is 9.97 Å². The molecule has 26 heavy (non-hydrogen) atoms. The van der Waals surface area contributed by atoms with E-state index in [9.17, 15) is 0 Å². The monoisotopic (exact) mass is 371 g/mol. The molecule has 2 aliphatic rings. The predicted molar refractivity (Wildman–Crippen MR) is 107 cm³/mol. The number of rotatable bonds is 5. The second kappa shape index (κ2) is 7.24. The first-order chi connectivity index (χ1) is 12.5. The third-order valence-corrected chi connectivity index (χ3v) is 6.60. The summed E-state index contributed by atoms with van der Waals surface area (Å²) in [6.45, 7) is 13.9. The molecule has 5 nitrogen and oxygen atoms in total. The van der Waals surface area contributed by atoms with Gasteiger partial charge in [0.1, 0.15) is 11.6 Å². The summed E-state index contributed by atoms with van der Waals surface area (Å²) in [5.74, 6) is 2.89. The van der Waals surface area contributed by atoms with Crippen LogP contribution < -0.4 is 4.90 Å². The minimum atomic E-state index is 0.609. The van der Waals surface area contributed by atoms with Crippen molar-refractivity contribution in [2.75, 3.05) is 31.1 Å². The Kier molecular flexibility index (Phi) is 4.97. The zero-order chi connectivity index (χ0) is 18.3. The normalized spacial score (nSPS) is 18.5. The Hall–Kier alpha value is -1.53. The third kappa shape index (κ3) is 3.62. The van der Waals surface area contributed by atoms with E-state index in [1.807, 2.05) is 11.3 Å². The molecule has 0 radical (unpaired) electrons. The Morgan fingerprint density at radius 2 is 1.69 bits per heavy atom. The summed E-state index contributed by atoms with van der Waals surface area (Å²) in [5.41, 5.74) is 3.71. The van der Waals surface area contributed by atoms with Gasteiger partial charge in [0.25, 0.3) is 0 Å². The van der Waals surface area contributed by atoms with Gasteiger partial charge in [-0.2, -0.15) is 0 Å². The maximum atomic E-state index is 5.00. The standard InChI is InChI=1S/C20H29N5S/c1-5-17-13(2)22-19(16-6-7-16)23-20(17)25-10-8-24(9-11-25)12-18-14(3)21-15(4)26-18/h16H,5-12H2,1-4H3. The number of piperazine rings is 1. The molecule has 0 atom stereocenters. The van der Waals surface area contributed by atoms with Gasteiger partial charge in [-0.15, -0.1) is 11.3 Å². The van der Waals surface area contributed by atoms with E-state index in [1.165, 1.54) is 45.5 Å². The largest absolute Gasteiger partial charge is 0.354 e. The van der Waals surface area contributed by atoms with Crippen LogP contribution in [0.25, 0.3) is 0 Å². The molecule has 2 aromatic heterocycles. The Morgan fingerprint density at radius 1 is 0.962 bits per heavy atom. The fourth-order valence-electron chi connectivity index (χ4n) is 3.84. The summed E-state index contributed by atoms with van der Waals surface area (Å²) < 4.78 is 0. The van der Waals surface area contributed by atoms with Crippen molar-refractivity contribution >= 4 is 17.2 Å². The third-order valence-electron chi connectivity index (χ3n) is 5.54. The highest BCUT2D eigenvalue weighted by Gasteiger charge is 2.29. The molecule has 4 rings (SSSR count). The Balaban J connectivity index is 1.46. The lowest BCUT2D eigenvalue weighted by Gasteiger charge is -2.36. The Bertz CT molecular complexity index is 788. The number of aryl methyl sites for hydroxylation is 3. The SMILES string of the molecule is CCc1c(C)nc(C2CC2)nc1N1CCN(Cc2sc(C)nc2C)CC1. The van der Waals surface area contributed by atoms with E-state index >= 15 is 0 Å². The first-order valence-corrected chi connectivity index (χ1v) is 10.6. The number of thiazole rings is 1. The molecule has 1 aliphatic heterocycles. The van der Waals surface area contributed by atoms with Gasteiger partial charge in [0.15, 0.2) is 0 Å². The van der Waals surface area contributed by atoms with Crippen molar-refractivity contribution in [3.63, 3.8) is 0 Å². The van der Waals surface area contributed by atoms with Crippen molar-refractivity contribution in [3.8, 4) is 0 Å². The molecule has 6 heteroatoms. The van der Waals surface area contributed by atoms with Gasteiger partial charge < -0.3 is 4.90 Å². The van der Waals surface area contributed by atoms with Crippen LogP contribution in [0.3, 0.4) is 0 Å². The lowest BCUT2D eigenvalue weighted by molar-refractivity contribution is 0.250. The van der Waals surface area contributed by atoms with Gasteiger partial charge in [0.05, 0.1) is 10.7 Å². The number of hydrogen-bond donors (Lipinski definition) is 0. The van der Waals surface area contributed by atoms with Crippen LogP contribution in [-0.2, 0) is 13.0 Å². The fraction of sp³-hybridized carbons (Fsp3) is 0.650. The fourth-order valence-corrected chi connectivity index (χ4v) is 4.82. The molecule has 0 unspecified atom stereocenters. The number of nitrogens with zero attached hydrogens (tertiary/aromatic N) is 5. The smallest absolute Gasteiger partial charge is 0.135 e.